The molecule has 0 saturated carbocycles. The second-order valence-electron chi connectivity index (χ2n) is 7.50. The molecule has 3 aromatic rings. The van der Waals surface area contributed by atoms with Gasteiger partial charge in [-0.15, -0.1) is 0 Å². The highest BCUT2D eigenvalue weighted by molar-refractivity contribution is 5.71. The summed E-state index contributed by atoms with van der Waals surface area (Å²) in [5.74, 6) is 1.52. The predicted octanol–water partition coefficient (Wildman–Crippen LogP) is 3.89. The van der Waals surface area contributed by atoms with Gasteiger partial charge in [-0.25, -0.2) is 9.78 Å². The Kier molecular flexibility index (Phi) is 6.23. The molecule has 0 spiro atoms. The van der Waals surface area contributed by atoms with E-state index in [1.165, 1.54) is 11.1 Å². The van der Waals surface area contributed by atoms with Gasteiger partial charge in [-0.1, -0.05) is 24.3 Å². The van der Waals surface area contributed by atoms with E-state index in [9.17, 15) is 4.79 Å². The van der Waals surface area contributed by atoms with Crippen molar-refractivity contribution in [3.8, 4) is 5.75 Å². The third-order valence-electron chi connectivity index (χ3n) is 5.28. The first-order chi connectivity index (χ1) is 14.7. The lowest BCUT2D eigenvalue weighted by molar-refractivity contribution is 0.149. The minimum absolute atomic E-state index is 0.299. The number of piperazine rings is 1. The molecule has 154 valence electrons. The molecule has 2 aromatic heterocycles. The van der Waals surface area contributed by atoms with Crippen LogP contribution in [0.2, 0.25) is 0 Å². The smallest absolute Gasteiger partial charge is 0.410 e. The number of carbonyl (C=O) groups is 1. The first kappa shape index (κ1) is 19.9. The van der Waals surface area contributed by atoms with E-state index in [0.29, 0.717) is 18.8 Å². The second kappa shape index (κ2) is 9.39. The van der Waals surface area contributed by atoms with E-state index < -0.39 is 0 Å². The Labute approximate surface area is 177 Å². The molecule has 0 bridgehead atoms. The van der Waals surface area contributed by atoms with Crippen LogP contribution in [0.1, 0.15) is 16.8 Å². The largest absolute Gasteiger partial charge is 0.415 e. The van der Waals surface area contributed by atoms with Crippen LogP contribution in [0.3, 0.4) is 0 Å². The molecule has 0 unspecified atom stereocenters. The highest BCUT2D eigenvalue weighted by Gasteiger charge is 2.23. The van der Waals surface area contributed by atoms with Gasteiger partial charge in [-0.05, 0) is 61.2 Å². The van der Waals surface area contributed by atoms with Crippen LogP contribution in [0.5, 0.6) is 5.75 Å². The van der Waals surface area contributed by atoms with Crippen molar-refractivity contribution >= 4 is 11.9 Å². The summed E-state index contributed by atoms with van der Waals surface area (Å²) in [4.78, 5) is 25.2. The number of hydrogen-bond donors (Lipinski definition) is 0. The Hall–Kier alpha value is -3.41. The standard InChI is InChI=1S/C24H26N4O2/c1-19-5-9-21(26-18-19)10-6-20-7-11-22(12-8-20)30-24(29)28-16-14-27(15-17-28)23-4-2-3-13-25-23/h2-5,7-9,11-13,18H,6,10,14-17H2,1H3. The second-order valence-corrected chi connectivity index (χ2v) is 7.50. The number of pyridine rings is 2. The van der Waals surface area contributed by atoms with Gasteiger partial charge in [0, 0.05) is 44.3 Å². The van der Waals surface area contributed by atoms with Crippen LogP contribution in [-0.4, -0.2) is 47.1 Å². The van der Waals surface area contributed by atoms with Gasteiger partial charge < -0.3 is 14.5 Å². The van der Waals surface area contributed by atoms with Gasteiger partial charge in [0.2, 0.25) is 0 Å². The van der Waals surface area contributed by atoms with E-state index in [1.54, 1.807) is 11.1 Å². The highest BCUT2D eigenvalue weighted by Crippen LogP contribution is 2.17. The fraction of sp³-hybridized carbons (Fsp3) is 0.292. The average molecular weight is 402 g/mol. The molecule has 30 heavy (non-hydrogen) atoms. The number of carbonyl (C=O) groups excluding carboxylic acids is 1. The van der Waals surface area contributed by atoms with Gasteiger partial charge >= 0.3 is 6.09 Å². The number of benzene rings is 1. The molecule has 3 heterocycles. The van der Waals surface area contributed by atoms with E-state index in [0.717, 1.165) is 37.4 Å². The van der Waals surface area contributed by atoms with Crippen molar-refractivity contribution in [2.24, 2.45) is 0 Å². The summed E-state index contributed by atoms with van der Waals surface area (Å²) >= 11 is 0. The maximum absolute atomic E-state index is 12.5. The number of amides is 1. The molecule has 1 aliphatic heterocycles. The van der Waals surface area contributed by atoms with E-state index in [2.05, 4.69) is 27.0 Å². The Morgan fingerprint density at radius 3 is 2.40 bits per heavy atom. The third kappa shape index (κ3) is 5.14. The molecule has 1 aromatic carbocycles. The molecular weight excluding hydrogens is 376 g/mol. The number of nitrogens with zero attached hydrogens (tertiary/aromatic N) is 4. The minimum atomic E-state index is -0.299. The molecule has 6 nitrogen and oxygen atoms in total. The Morgan fingerprint density at radius 2 is 1.73 bits per heavy atom. The number of aromatic nitrogens is 2. The van der Waals surface area contributed by atoms with Crippen molar-refractivity contribution in [2.45, 2.75) is 19.8 Å². The van der Waals surface area contributed by atoms with Crippen LogP contribution in [-0.2, 0) is 12.8 Å². The van der Waals surface area contributed by atoms with Crippen LogP contribution in [0.15, 0.2) is 67.0 Å². The lowest BCUT2D eigenvalue weighted by atomic mass is 10.1. The van der Waals surface area contributed by atoms with Crippen LogP contribution in [0.25, 0.3) is 0 Å². The van der Waals surface area contributed by atoms with Crippen molar-refractivity contribution in [3.05, 3.63) is 83.8 Å². The Balaban J connectivity index is 1.25. The van der Waals surface area contributed by atoms with Crippen molar-refractivity contribution in [3.63, 3.8) is 0 Å². The Bertz CT molecular complexity index is 951. The highest BCUT2D eigenvalue weighted by atomic mass is 16.6. The van der Waals surface area contributed by atoms with Crippen LogP contribution >= 0.6 is 0 Å². The zero-order valence-corrected chi connectivity index (χ0v) is 17.2. The maximum atomic E-state index is 12.5. The summed E-state index contributed by atoms with van der Waals surface area (Å²) in [6.45, 7) is 4.78. The summed E-state index contributed by atoms with van der Waals surface area (Å²) in [5.41, 5.74) is 3.45. The van der Waals surface area contributed by atoms with E-state index >= 15 is 0 Å². The Morgan fingerprint density at radius 1 is 0.933 bits per heavy atom. The van der Waals surface area contributed by atoms with Crippen LogP contribution < -0.4 is 9.64 Å². The molecular formula is C24H26N4O2. The molecule has 0 N–H and O–H groups in total. The van der Waals surface area contributed by atoms with Gasteiger partial charge in [0.1, 0.15) is 11.6 Å². The summed E-state index contributed by atoms with van der Waals surface area (Å²) in [6.07, 6.45) is 5.18. The minimum Gasteiger partial charge on any atom is -0.410 e. The molecule has 0 atom stereocenters. The summed E-state index contributed by atoms with van der Waals surface area (Å²) in [7, 11) is 0. The zero-order valence-electron chi connectivity index (χ0n) is 17.2. The molecule has 0 aliphatic carbocycles. The number of rotatable bonds is 5. The SMILES string of the molecule is Cc1ccc(CCc2ccc(OC(=O)N3CCN(c4ccccn4)CC3)cc2)nc1. The van der Waals surface area contributed by atoms with Gasteiger partial charge in [-0.2, -0.15) is 0 Å². The normalized spacial score (nSPS) is 13.9. The van der Waals surface area contributed by atoms with E-state index in [4.69, 9.17) is 4.74 Å². The monoisotopic (exact) mass is 402 g/mol. The molecule has 1 aliphatic rings. The van der Waals surface area contributed by atoms with Crippen molar-refractivity contribution in [1.29, 1.82) is 0 Å². The molecule has 1 amide bonds. The summed E-state index contributed by atoms with van der Waals surface area (Å²) < 4.78 is 5.57. The van der Waals surface area contributed by atoms with Crippen molar-refractivity contribution in [1.82, 2.24) is 14.9 Å². The molecule has 6 heteroatoms. The first-order valence-electron chi connectivity index (χ1n) is 10.3. The topological polar surface area (TPSA) is 58.6 Å². The van der Waals surface area contributed by atoms with E-state index in [1.807, 2.05) is 55.6 Å². The van der Waals surface area contributed by atoms with Crippen LogP contribution in [0, 0.1) is 6.92 Å². The van der Waals surface area contributed by atoms with Gasteiger partial charge in [0.15, 0.2) is 0 Å². The predicted molar refractivity (Wildman–Crippen MR) is 117 cm³/mol. The van der Waals surface area contributed by atoms with Gasteiger partial charge in [0.25, 0.3) is 0 Å². The first-order valence-corrected chi connectivity index (χ1v) is 10.3. The van der Waals surface area contributed by atoms with Gasteiger partial charge in [-0.3, -0.25) is 4.98 Å². The molecule has 1 saturated heterocycles. The quantitative estimate of drug-likeness (QED) is 0.648. The van der Waals surface area contributed by atoms with Crippen molar-refractivity contribution in [2.75, 3.05) is 31.1 Å². The van der Waals surface area contributed by atoms with E-state index in [-0.39, 0.29) is 6.09 Å². The fourth-order valence-corrected chi connectivity index (χ4v) is 3.47. The maximum Gasteiger partial charge on any atom is 0.415 e. The van der Waals surface area contributed by atoms with Gasteiger partial charge in [0.05, 0.1) is 0 Å². The number of hydrogen-bond acceptors (Lipinski definition) is 5. The fourth-order valence-electron chi connectivity index (χ4n) is 3.47. The molecule has 4 rings (SSSR count). The van der Waals surface area contributed by atoms with Crippen molar-refractivity contribution < 1.29 is 9.53 Å². The number of ether oxygens (including phenoxy) is 1. The number of aryl methyl sites for hydroxylation is 3. The molecule has 0 radical (unpaired) electrons. The summed E-state index contributed by atoms with van der Waals surface area (Å²) in [5, 5.41) is 0. The third-order valence-corrected chi connectivity index (χ3v) is 5.28. The zero-order chi connectivity index (χ0) is 20.8. The average Bonchev–Trinajstić information content (AvgIpc) is 2.80. The lowest BCUT2D eigenvalue weighted by Gasteiger charge is -2.34. The van der Waals surface area contributed by atoms with Crippen LogP contribution in [0.4, 0.5) is 10.6 Å². The molecule has 1 fully saturated rings. The summed E-state index contributed by atoms with van der Waals surface area (Å²) in [6, 6.07) is 17.8. The lowest BCUT2D eigenvalue weighted by Crippen LogP contribution is -2.49. The number of anilines is 1.